The first-order chi connectivity index (χ1) is 14.1. The molecule has 0 radical (unpaired) electrons. The number of amides is 3. The van der Waals surface area contributed by atoms with Gasteiger partial charge in [0.2, 0.25) is 0 Å². The van der Waals surface area contributed by atoms with Crippen molar-refractivity contribution in [3.8, 4) is 5.75 Å². The molecule has 0 unspecified atom stereocenters. The zero-order valence-corrected chi connectivity index (χ0v) is 19.2. The third-order valence-electron chi connectivity index (χ3n) is 5.36. The van der Waals surface area contributed by atoms with E-state index in [2.05, 4.69) is 5.32 Å². The largest absolute Gasteiger partial charge is 0.485 e. The second kappa shape index (κ2) is 10.0. The lowest BCUT2D eigenvalue weighted by Crippen LogP contribution is -2.51. The van der Waals surface area contributed by atoms with E-state index in [0.29, 0.717) is 24.4 Å². The van der Waals surface area contributed by atoms with Crippen LogP contribution in [0.5, 0.6) is 5.75 Å². The number of likely N-dealkylation sites (N-methyl/N-ethyl adjacent to an activating group) is 1. The number of nitrogens with zero attached hydrogens (tertiary/aromatic N) is 3. The van der Waals surface area contributed by atoms with E-state index in [1.807, 2.05) is 58.8 Å². The maximum atomic E-state index is 13.3. The van der Waals surface area contributed by atoms with Crippen LogP contribution in [-0.4, -0.2) is 85.9 Å². The molecule has 3 atom stereocenters. The Morgan fingerprint density at radius 1 is 1.30 bits per heavy atom. The fourth-order valence-corrected chi connectivity index (χ4v) is 3.51. The number of fused-ring (bicyclic) bond motifs is 1. The Balaban J connectivity index is 2.45. The number of hydrogen-bond donors (Lipinski definition) is 2. The van der Waals surface area contributed by atoms with Crippen molar-refractivity contribution in [1.82, 2.24) is 15.1 Å². The van der Waals surface area contributed by atoms with Gasteiger partial charge >= 0.3 is 6.03 Å². The maximum absolute atomic E-state index is 13.3. The molecule has 2 N–H and O–H groups in total. The molecular weight excluding hydrogens is 384 g/mol. The van der Waals surface area contributed by atoms with Gasteiger partial charge < -0.3 is 29.9 Å². The molecule has 1 aromatic carbocycles. The number of anilines is 1. The first kappa shape index (κ1) is 23.8. The van der Waals surface area contributed by atoms with E-state index in [1.165, 1.54) is 0 Å². The molecule has 0 bridgehead atoms. The SMILES string of the molecule is CC(C)NC(=O)N(C)C[C@@H]1Oc2c(cccc2N(C)C)C(=O)N([C@@H](C)CO)C[C@@H]1C. The topological polar surface area (TPSA) is 85.4 Å². The quantitative estimate of drug-likeness (QED) is 0.736. The fourth-order valence-electron chi connectivity index (χ4n) is 3.51. The van der Waals surface area contributed by atoms with Crippen molar-refractivity contribution in [3.63, 3.8) is 0 Å². The van der Waals surface area contributed by atoms with Crippen LogP contribution >= 0.6 is 0 Å². The van der Waals surface area contributed by atoms with Gasteiger partial charge in [0.1, 0.15) is 6.10 Å². The first-order valence-corrected chi connectivity index (χ1v) is 10.5. The van der Waals surface area contributed by atoms with E-state index < -0.39 is 0 Å². The van der Waals surface area contributed by atoms with Crippen LogP contribution in [0.1, 0.15) is 38.1 Å². The Kier molecular flexibility index (Phi) is 7.95. The molecular formula is C22H36N4O4. The summed E-state index contributed by atoms with van der Waals surface area (Å²) in [6, 6.07) is 5.04. The zero-order chi connectivity index (χ0) is 22.6. The third kappa shape index (κ3) is 5.36. The summed E-state index contributed by atoms with van der Waals surface area (Å²) < 4.78 is 6.43. The average Bonchev–Trinajstić information content (AvgIpc) is 2.68. The lowest BCUT2D eigenvalue weighted by Gasteiger charge is -2.39. The minimum absolute atomic E-state index is 0.0372. The zero-order valence-electron chi connectivity index (χ0n) is 19.2. The molecule has 1 heterocycles. The van der Waals surface area contributed by atoms with E-state index >= 15 is 0 Å². The molecule has 1 aromatic rings. The number of para-hydroxylation sites is 1. The highest BCUT2D eigenvalue weighted by molar-refractivity contribution is 5.99. The van der Waals surface area contributed by atoms with E-state index in [1.54, 1.807) is 22.9 Å². The van der Waals surface area contributed by atoms with Gasteiger partial charge in [0.15, 0.2) is 5.75 Å². The normalized spacial score (nSPS) is 20.0. The van der Waals surface area contributed by atoms with E-state index in [4.69, 9.17) is 4.74 Å². The minimum Gasteiger partial charge on any atom is -0.485 e. The number of ether oxygens (including phenoxy) is 1. The molecule has 30 heavy (non-hydrogen) atoms. The predicted molar refractivity (Wildman–Crippen MR) is 118 cm³/mol. The van der Waals surface area contributed by atoms with Gasteiger partial charge in [-0.1, -0.05) is 13.0 Å². The molecule has 0 fully saturated rings. The Morgan fingerprint density at radius 3 is 2.53 bits per heavy atom. The number of urea groups is 1. The fraction of sp³-hybridized carbons (Fsp3) is 0.636. The van der Waals surface area contributed by atoms with Crippen molar-refractivity contribution in [2.75, 3.05) is 45.7 Å². The monoisotopic (exact) mass is 420 g/mol. The molecule has 2 rings (SSSR count). The molecule has 0 saturated carbocycles. The van der Waals surface area contributed by atoms with Crippen LogP contribution in [0.2, 0.25) is 0 Å². The number of carbonyl (C=O) groups is 2. The summed E-state index contributed by atoms with van der Waals surface area (Å²) in [7, 11) is 5.54. The molecule has 0 aliphatic carbocycles. The lowest BCUT2D eigenvalue weighted by molar-refractivity contribution is 0.0368. The van der Waals surface area contributed by atoms with Crippen LogP contribution in [0.25, 0.3) is 0 Å². The summed E-state index contributed by atoms with van der Waals surface area (Å²) in [6.07, 6.45) is -0.325. The highest BCUT2D eigenvalue weighted by atomic mass is 16.5. The van der Waals surface area contributed by atoms with Crippen molar-refractivity contribution in [1.29, 1.82) is 0 Å². The molecule has 0 spiro atoms. The molecule has 8 nitrogen and oxygen atoms in total. The number of aliphatic hydroxyl groups excluding tert-OH is 1. The van der Waals surface area contributed by atoms with Gasteiger partial charge in [-0.15, -0.1) is 0 Å². The predicted octanol–water partition coefficient (Wildman–Crippen LogP) is 2.02. The van der Waals surface area contributed by atoms with Gasteiger partial charge in [-0.05, 0) is 32.9 Å². The maximum Gasteiger partial charge on any atom is 0.317 e. The molecule has 1 aliphatic rings. The van der Waals surface area contributed by atoms with Crippen LogP contribution in [0.3, 0.4) is 0 Å². The molecule has 0 aromatic heterocycles. The minimum atomic E-state index is -0.325. The van der Waals surface area contributed by atoms with Gasteiger partial charge in [-0.25, -0.2) is 4.79 Å². The van der Waals surface area contributed by atoms with Gasteiger partial charge in [0.05, 0.1) is 30.4 Å². The second-order valence-corrected chi connectivity index (χ2v) is 8.66. The molecule has 0 saturated heterocycles. The van der Waals surface area contributed by atoms with Gasteiger partial charge in [-0.2, -0.15) is 0 Å². The van der Waals surface area contributed by atoms with Crippen molar-refractivity contribution in [2.45, 2.75) is 45.9 Å². The second-order valence-electron chi connectivity index (χ2n) is 8.66. The van der Waals surface area contributed by atoms with E-state index in [-0.39, 0.29) is 42.7 Å². The average molecular weight is 421 g/mol. The summed E-state index contributed by atoms with van der Waals surface area (Å²) in [5, 5.41) is 12.6. The molecule has 168 valence electrons. The van der Waals surface area contributed by atoms with Crippen molar-refractivity contribution < 1.29 is 19.4 Å². The smallest absolute Gasteiger partial charge is 0.317 e. The highest BCUT2D eigenvalue weighted by Crippen LogP contribution is 2.36. The molecule has 3 amide bonds. The van der Waals surface area contributed by atoms with Crippen molar-refractivity contribution >= 4 is 17.6 Å². The van der Waals surface area contributed by atoms with Crippen LogP contribution in [0.4, 0.5) is 10.5 Å². The summed E-state index contributed by atoms with van der Waals surface area (Å²) in [5.41, 5.74) is 1.26. The summed E-state index contributed by atoms with van der Waals surface area (Å²) in [6.45, 7) is 8.35. The molecule has 1 aliphatic heterocycles. The number of carbonyl (C=O) groups excluding carboxylic acids is 2. The van der Waals surface area contributed by atoms with E-state index in [0.717, 1.165) is 5.69 Å². The third-order valence-corrected chi connectivity index (χ3v) is 5.36. The van der Waals surface area contributed by atoms with Crippen LogP contribution in [-0.2, 0) is 0 Å². The number of rotatable bonds is 6. The van der Waals surface area contributed by atoms with Gasteiger partial charge in [0, 0.05) is 39.6 Å². The Labute approximate surface area is 179 Å². The lowest BCUT2D eigenvalue weighted by atomic mass is 9.99. The van der Waals surface area contributed by atoms with Crippen LogP contribution < -0.4 is 15.0 Å². The number of benzene rings is 1. The summed E-state index contributed by atoms with van der Waals surface area (Å²) in [4.78, 5) is 31.0. The van der Waals surface area contributed by atoms with Crippen molar-refractivity contribution in [2.24, 2.45) is 5.92 Å². The van der Waals surface area contributed by atoms with Crippen molar-refractivity contribution in [3.05, 3.63) is 23.8 Å². The van der Waals surface area contributed by atoms with Gasteiger partial charge in [0.25, 0.3) is 5.91 Å². The highest BCUT2D eigenvalue weighted by Gasteiger charge is 2.35. The van der Waals surface area contributed by atoms with Crippen LogP contribution in [0, 0.1) is 5.92 Å². The Hall–Kier alpha value is -2.48. The number of aliphatic hydroxyl groups is 1. The Morgan fingerprint density at radius 2 is 1.97 bits per heavy atom. The van der Waals surface area contributed by atoms with Gasteiger partial charge in [-0.3, -0.25) is 4.79 Å². The summed E-state index contributed by atoms with van der Waals surface area (Å²) in [5.74, 6) is 0.295. The van der Waals surface area contributed by atoms with E-state index in [9.17, 15) is 14.7 Å². The Bertz CT molecular complexity index is 753. The van der Waals surface area contributed by atoms with Crippen LogP contribution in [0.15, 0.2) is 18.2 Å². The molecule has 8 heteroatoms. The summed E-state index contributed by atoms with van der Waals surface area (Å²) >= 11 is 0. The number of nitrogens with one attached hydrogen (secondary N) is 1. The standard InChI is InChI=1S/C22H36N4O4/c1-14(2)23-22(29)25(7)12-19-15(3)11-26(16(4)13-27)21(28)17-9-8-10-18(24(5)6)20(17)30-19/h8-10,14-16,19,27H,11-13H2,1-7H3,(H,23,29)/t15-,16-,19-/m0/s1. The first-order valence-electron chi connectivity index (χ1n) is 10.5. The number of hydrogen-bond acceptors (Lipinski definition) is 5.